The Morgan fingerprint density at radius 2 is 2.17 bits per heavy atom. The first kappa shape index (κ1) is 14.8. The number of ether oxygens (including phenoxy) is 1. The highest BCUT2D eigenvalue weighted by molar-refractivity contribution is 5.24. The molecule has 0 radical (unpaired) electrons. The molecule has 1 atom stereocenters. The molecule has 2 aliphatic rings. The molecule has 2 aromatic heterocycles. The van der Waals surface area contributed by atoms with E-state index in [1.807, 2.05) is 24.5 Å². The van der Waals surface area contributed by atoms with Crippen LogP contribution in [0.3, 0.4) is 0 Å². The van der Waals surface area contributed by atoms with Crippen molar-refractivity contribution in [3.63, 3.8) is 0 Å². The molecule has 1 N–H and O–H groups in total. The molecule has 1 aliphatic carbocycles. The number of nitrogens with one attached hydrogen (secondary N) is 1. The molecule has 2 aromatic rings. The molecule has 5 nitrogen and oxygen atoms in total. The highest BCUT2D eigenvalue weighted by Crippen LogP contribution is 2.46. The Morgan fingerprint density at radius 3 is 2.91 bits per heavy atom. The van der Waals surface area contributed by atoms with E-state index in [1.54, 1.807) is 10.9 Å². The summed E-state index contributed by atoms with van der Waals surface area (Å²) < 4.78 is 7.35. The van der Waals surface area contributed by atoms with Crippen molar-refractivity contribution in [2.45, 2.75) is 44.7 Å². The molecular formula is C18H24N4O. The number of hydrogen-bond acceptors (Lipinski definition) is 4. The quantitative estimate of drug-likeness (QED) is 0.943. The first-order valence-corrected chi connectivity index (χ1v) is 8.62. The second-order valence-corrected chi connectivity index (χ2v) is 6.78. The summed E-state index contributed by atoms with van der Waals surface area (Å²) >= 11 is 0. The minimum atomic E-state index is 0.473. The third-order valence-corrected chi connectivity index (χ3v) is 5.50. The molecule has 5 heteroatoms. The van der Waals surface area contributed by atoms with Crippen LogP contribution in [0.5, 0.6) is 0 Å². The van der Waals surface area contributed by atoms with E-state index in [9.17, 15) is 0 Å². The van der Waals surface area contributed by atoms with Gasteiger partial charge in [-0.2, -0.15) is 5.10 Å². The van der Waals surface area contributed by atoms with Crippen LogP contribution in [0.2, 0.25) is 0 Å². The molecule has 1 saturated carbocycles. The van der Waals surface area contributed by atoms with Crippen molar-refractivity contribution < 1.29 is 4.74 Å². The summed E-state index contributed by atoms with van der Waals surface area (Å²) in [5.41, 5.74) is 1.70. The summed E-state index contributed by atoms with van der Waals surface area (Å²) in [5.74, 6) is 0.862. The Hall–Kier alpha value is -1.72. The lowest BCUT2D eigenvalue weighted by Crippen LogP contribution is -2.44. The summed E-state index contributed by atoms with van der Waals surface area (Å²) in [6, 6.07) is 6.70. The topological polar surface area (TPSA) is 52.0 Å². The van der Waals surface area contributed by atoms with Crippen LogP contribution in [0, 0.1) is 5.41 Å². The lowest BCUT2D eigenvalue weighted by molar-refractivity contribution is 0.00414. The van der Waals surface area contributed by atoms with Gasteiger partial charge in [-0.1, -0.05) is 12.5 Å². The van der Waals surface area contributed by atoms with E-state index in [0.717, 1.165) is 25.6 Å². The average molecular weight is 312 g/mol. The summed E-state index contributed by atoms with van der Waals surface area (Å²) in [6.07, 6.45) is 12.0. The number of hydrogen-bond donors (Lipinski definition) is 1. The molecule has 1 spiro atoms. The fourth-order valence-corrected chi connectivity index (χ4v) is 4.14. The minimum Gasteiger partial charge on any atom is -0.381 e. The van der Waals surface area contributed by atoms with E-state index in [0.29, 0.717) is 11.5 Å². The zero-order valence-corrected chi connectivity index (χ0v) is 13.4. The van der Waals surface area contributed by atoms with Gasteiger partial charge >= 0.3 is 0 Å². The number of pyridine rings is 1. The van der Waals surface area contributed by atoms with Crippen LogP contribution in [-0.2, 0) is 11.3 Å². The van der Waals surface area contributed by atoms with Crippen molar-refractivity contribution in [1.82, 2.24) is 20.1 Å². The molecule has 0 unspecified atom stereocenters. The van der Waals surface area contributed by atoms with Gasteiger partial charge in [-0.05, 0) is 48.8 Å². The maximum absolute atomic E-state index is 5.57. The maximum atomic E-state index is 5.57. The molecule has 2 fully saturated rings. The van der Waals surface area contributed by atoms with Gasteiger partial charge in [-0.15, -0.1) is 0 Å². The Labute approximate surface area is 137 Å². The predicted molar refractivity (Wildman–Crippen MR) is 88.3 cm³/mol. The van der Waals surface area contributed by atoms with Crippen molar-refractivity contribution in [2.75, 3.05) is 13.2 Å². The highest BCUT2D eigenvalue weighted by atomic mass is 16.5. The van der Waals surface area contributed by atoms with Gasteiger partial charge in [-0.25, -0.2) is 9.67 Å². The van der Waals surface area contributed by atoms with E-state index in [-0.39, 0.29) is 0 Å². The molecule has 122 valence electrons. The Morgan fingerprint density at radius 1 is 1.26 bits per heavy atom. The van der Waals surface area contributed by atoms with Crippen LogP contribution in [-0.4, -0.2) is 34.0 Å². The third-order valence-electron chi connectivity index (χ3n) is 5.50. The van der Waals surface area contributed by atoms with Gasteiger partial charge in [0.1, 0.15) is 0 Å². The van der Waals surface area contributed by atoms with Crippen LogP contribution in [0.25, 0.3) is 5.82 Å². The van der Waals surface area contributed by atoms with Crippen LogP contribution in [0.1, 0.15) is 37.7 Å². The highest BCUT2D eigenvalue weighted by Gasteiger charge is 2.43. The van der Waals surface area contributed by atoms with Gasteiger partial charge in [0.25, 0.3) is 0 Å². The fourth-order valence-electron chi connectivity index (χ4n) is 4.14. The summed E-state index contributed by atoms with van der Waals surface area (Å²) in [5, 5.41) is 8.00. The van der Waals surface area contributed by atoms with Crippen LogP contribution < -0.4 is 5.32 Å². The molecule has 0 bridgehead atoms. The number of nitrogens with zero attached hydrogens (tertiary/aromatic N) is 3. The monoisotopic (exact) mass is 312 g/mol. The van der Waals surface area contributed by atoms with Crippen LogP contribution >= 0.6 is 0 Å². The van der Waals surface area contributed by atoms with E-state index in [1.165, 1.54) is 37.7 Å². The predicted octanol–water partition coefficient (Wildman–Crippen LogP) is 2.71. The van der Waals surface area contributed by atoms with E-state index in [4.69, 9.17) is 4.74 Å². The smallest absolute Gasteiger partial charge is 0.153 e. The first-order chi connectivity index (χ1) is 11.4. The lowest BCUT2D eigenvalue weighted by Gasteiger charge is -2.39. The molecule has 1 saturated heterocycles. The first-order valence-electron chi connectivity index (χ1n) is 8.62. The van der Waals surface area contributed by atoms with Gasteiger partial charge in [0.2, 0.25) is 0 Å². The molecule has 0 amide bonds. The minimum absolute atomic E-state index is 0.473. The van der Waals surface area contributed by atoms with E-state index >= 15 is 0 Å². The van der Waals surface area contributed by atoms with Gasteiger partial charge in [0, 0.05) is 44.4 Å². The van der Waals surface area contributed by atoms with Gasteiger partial charge in [0.15, 0.2) is 5.82 Å². The normalized spacial score (nSPS) is 23.4. The van der Waals surface area contributed by atoms with Crippen molar-refractivity contribution in [3.05, 3.63) is 42.4 Å². The van der Waals surface area contributed by atoms with E-state index < -0.39 is 0 Å². The van der Waals surface area contributed by atoms with Crippen LogP contribution in [0.4, 0.5) is 0 Å². The second-order valence-electron chi connectivity index (χ2n) is 6.78. The van der Waals surface area contributed by atoms with Gasteiger partial charge in [-0.3, -0.25) is 0 Å². The summed E-state index contributed by atoms with van der Waals surface area (Å²) in [4.78, 5) is 4.51. The fraction of sp³-hybridized carbons (Fsp3) is 0.556. The summed E-state index contributed by atoms with van der Waals surface area (Å²) in [7, 11) is 0. The molecule has 4 rings (SSSR count). The van der Waals surface area contributed by atoms with Crippen molar-refractivity contribution in [1.29, 1.82) is 0 Å². The second kappa shape index (κ2) is 6.42. The number of rotatable bonds is 4. The standard InChI is InChI=1S/C18H24N4O/c1-3-16(18(6-1)7-11-23-12-8-18)19-13-15-4-5-17(20-14-15)22-10-2-9-21-22/h2,4-5,9-10,14,16,19H,1,3,6-8,11-13H2/t16-/m0/s1. The van der Waals surface area contributed by atoms with E-state index in [2.05, 4.69) is 21.5 Å². The molecular weight excluding hydrogens is 288 g/mol. The lowest BCUT2D eigenvalue weighted by atomic mass is 9.75. The van der Waals surface area contributed by atoms with Crippen LogP contribution in [0.15, 0.2) is 36.8 Å². The average Bonchev–Trinajstić information content (AvgIpc) is 3.25. The Balaban J connectivity index is 1.39. The number of aromatic nitrogens is 3. The molecule has 3 heterocycles. The Kier molecular flexibility index (Phi) is 4.14. The SMILES string of the molecule is c1cnn(-c2ccc(CN[C@H]3CCCC34CCOCC4)cn2)c1. The van der Waals surface area contributed by atoms with Crippen molar-refractivity contribution in [3.8, 4) is 5.82 Å². The molecule has 1 aliphatic heterocycles. The maximum Gasteiger partial charge on any atom is 0.153 e. The largest absolute Gasteiger partial charge is 0.381 e. The van der Waals surface area contributed by atoms with Gasteiger partial charge < -0.3 is 10.1 Å². The summed E-state index contributed by atoms with van der Waals surface area (Å²) in [6.45, 7) is 2.75. The molecule has 0 aromatic carbocycles. The zero-order chi connectivity index (χ0) is 15.5. The third kappa shape index (κ3) is 3.03. The Bertz CT molecular complexity index is 617. The van der Waals surface area contributed by atoms with Crippen molar-refractivity contribution >= 4 is 0 Å². The van der Waals surface area contributed by atoms with Gasteiger partial charge in [0.05, 0.1) is 0 Å². The van der Waals surface area contributed by atoms with Crippen molar-refractivity contribution in [2.24, 2.45) is 5.41 Å². The molecule has 23 heavy (non-hydrogen) atoms. The zero-order valence-electron chi connectivity index (χ0n) is 13.4.